The van der Waals surface area contributed by atoms with Crippen molar-refractivity contribution in [2.75, 3.05) is 26.3 Å². The minimum absolute atomic E-state index is 0.0155. The van der Waals surface area contributed by atoms with Gasteiger partial charge in [0.05, 0.1) is 13.2 Å². The average Bonchev–Trinajstić information content (AvgIpc) is 2.40. The third-order valence-electron chi connectivity index (χ3n) is 3.05. The highest BCUT2D eigenvalue weighted by atomic mass is 16.5. The number of ether oxygens (including phenoxy) is 1. The summed E-state index contributed by atoms with van der Waals surface area (Å²) in [6.07, 6.45) is 0.858. The van der Waals surface area contributed by atoms with E-state index >= 15 is 0 Å². The number of carbonyl (C=O) groups excluding carboxylic acids is 1. The van der Waals surface area contributed by atoms with E-state index in [1.54, 1.807) is 0 Å². The molecule has 0 spiro atoms. The second kappa shape index (κ2) is 6.40. The molecule has 1 unspecified atom stereocenters. The highest BCUT2D eigenvalue weighted by Crippen LogP contribution is 2.04. The molecule has 0 aliphatic carbocycles. The maximum atomic E-state index is 12.0. The van der Waals surface area contributed by atoms with Crippen LogP contribution in [0.15, 0.2) is 30.3 Å². The molecule has 1 N–H and O–H groups in total. The number of morpholine rings is 1. The van der Waals surface area contributed by atoms with Gasteiger partial charge >= 0.3 is 6.03 Å². The number of nitrogens with zero attached hydrogens (tertiary/aromatic N) is 1. The van der Waals surface area contributed by atoms with Crippen molar-refractivity contribution in [1.82, 2.24) is 10.2 Å². The molecule has 98 valence electrons. The molecule has 1 aliphatic rings. The van der Waals surface area contributed by atoms with E-state index in [1.165, 1.54) is 5.56 Å². The fourth-order valence-corrected chi connectivity index (χ4v) is 2.09. The lowest BCUT2D eigenvalue weighted by atomic mass is 10.1. The number of hydrogen-bond donors (Lipinski definition) is 1. The van der Waals surface area contributed by atoms with Gasteiger partial charge in [-0.15, -0.1) is 0 Å². The lowest BCUT2D eigenvalue weighted by Gasteiger charge is -2.28. The third kappa shape index (κ3) is 3.74. The van der Waals surface area contributed by atoms with E-state index in [9.17, 15) is 4.79 Å². The van der Waals surface area contributed by atoms with Crippen LogP contribution in [-0.2, 0) is 11.2 Å². The Morgan fingerprint density at radius 1 is 1.33 bits per heavy atom. The zero-order valence-corrected chi connectivity index (χ0v) is 10.8. The van der Waals surface area contributed by atoms with Crippen LogP contribution in [0.2, 0.25) is 0 Å². The normalized spacial score (nSPS) is 17.3. The van der Waals surface area contributed by atoms with Crippen LogP contribution >= 0.6 is 0 Å². The summed E-state index contributed by atoms with van der Waals surface area (Å²) in [5.41, 5.74) is 1.24. The van der Waals surface area contributed by atoms with Gasteiger partial charge < -0.3 is 15.0 Å². The van der Waals surface area contributed by atoms with Crippen molar-refractivity contribution >= 4 is 6.03 Å². The summed E-state index contributed by atoms with van der Waals surface area (Å²) < 4.78 is 5.23. The van der Waals surface area contributed by atoms with Crippen molar-refractivity contribution in [1.29, 1.82) is 0 Å². The fraction of sp³-hybridized carbons (Fsp3) is 0.500. The van der Waals surface area contributed by atoms with Gasteiger partial charge in [-0.1, -0.05) is 30.3 Å². The topological polar surface area (TPSA) is 41.6 Å². The Morgan fingerprint density at radius 3 is 2.67 bits per heavy atom. The van der Waals surface area contributed by atoms with Gasteiger partial charge in [-0.05, 0) is 18.9 Å². The molecular formula is C14H20N2O2. The van der Waals surface area contributed by atoms with E-state index in [4.69, 9.17) is 4.74 Å². The first-order chi connectivity index (χ1) is 8.75. The Kier molecular flexibility index (Phi) is 4.59. The van der Waals surface area contributed by atoms with Gasteiger partial charge in [-0.25, -0.2) is 4.79 Å². The van der Waals surface area contributed by atoms with Crippen LogP contribution in [0.25, 0.3) is 0 Å². The summed E-state index contributed by atoms with van der Waals surface area (Å²) in [7, 11) is 0. The van der Waals surface area contributed by atoms with Gasteiger partial charge in [-0.2, -0.15) is 0 Å². The summed E-state index contributed by atoms with van der Waals surface area (Å²) in [6.45, 7) is 4.68. The zero-order chi connectivity index (χ0) is 12.8. The van der Waals surface area contributed by atoms with Crippen molar-refractivity contribution in [2.45, 2.75) is 19.4 Å². The van der Waals surface area contributed by atoms with E-state index in [0.29, 0.717) is 26.3 Å². The van der Waals surface area contributed by atoms with Gasteiger partial charge in [0, 0.05) is 19.1 Å². The lowest BCUT2D eigenvalue weighted by Crippen LogP contribution is -2.49. The molecule has 0 saturated carbocycles. The second-order valence-electron chi connectivity index (χ2n) is 4.64. The average molecular weight is 248 g/mol. The summed E-state index contributed by atoms with van der Waals surface area (Å²) in [6, 6.07) is 10.4. The van der Waals surface area contributed by atoms with E-state index in [-0.39, 0.29) is 12.1 Å². The van der Waals surface area contributed by atoms with Crippen LogP contribution < -0.4 is 5.32 Å². The molecule has 1 saturated heterocycles. The predicted octanol–water partition coefficient (Wildman–Crippen LogP) is 1.66. The predicted molar refractivity (Wildman–Crippen MR) is 70.5 cm³/mol. The fourth-order valence-electron chi connectivity index (χ4n) is 2.09. The van der Waals surface area contributed by atoms with Crippen molar-refractivity contribution in [3.63, 3.8) is 0 Å². The molecule has 1 heterocycles. The standard InChI is InChI=1S/C14H20N2O2/c1-12(11-13-5-3-2-4-6-13)15-14(17)16-7-9-18-10-8-16/h2-6,12H,7-11H2,1H3,(H,15,17). The Morgan fingerprint density at radius 2 is 2.00 bits per heavy atom. The van der Waals surface area contributed by atoms with Crippen LogP contribution in [0, 0.1) is 0 Å². The van der Waals surface area contributed by atoms with Gasteiger partial charge in [0.1, 0.15) is 0 Å². The molecule has 1 aliphatic heterocycles. The molecule has 1 aromatic carbocycles. The Labute approximate surface area is 108 Å². The first-order valence-corrected chi connectivity index (χ1v) is 6.43. The molecule has 0 radical (unpaired) electrons. The van der Waals surface area contributed by atoms with Crippen LogP contribution in [0.3, 0.4) is 0 Å². The number of rotatable bonds is 3. The second-order valence-corrected chi connectivity index (χ2v) is 4.64. The Bertz CT molecular complexity index is 375. The van der Waals surface area contributed by atoms with Gasteiger partial charge in [0.2, 0.25) is 0 Å². The first-order valence-electron chi connectivity index (χ1n) is 6.43. The molecule has 1 aromatic rings. The molecule has 4 nitrogen and oxygen atoms in total. The van der Waals surface area contributed by atoms with Crippen LogP contribution in [0.1, 0.15) is 12.5 Å². The Balaban J connectivity index is 1.79. The minimum atomic E-state index is 0.0155. The van der Waals surface area contributed by atoms with Crippen molar-refractivity contribution in [2.24, 2.45) is 0 Å². The molecule has 0 bridgehead atoms. The van der Waals surface area contributed by atoms with Crippen molar-refractivity contribution in [3.8, 4) is 0 Å². The number of nitrogens with one attached hydrogen (secondary N) is 1. The highest BCUT2D eigenvalue weighted by molar-refractivity contribution is 5.74. The quantitative estimate of drug-likeness (QED) is 0.884. The van der Waals surface area contributed by atoms with E-state index in [1.807, 2.05) is 30.0 Å². The van der Waals surface area contributed by atoms with E-state index in [2.05, 4.69) is 17.4 Å². The third-order valence-corrected chi connectivity index (χ3v) is 3.05. The van der Waals surface area contributed by atoms with Gasteiger partial charge in [0.25, 0.3) is 0 Å². The maximum Gasteiger partial charge on any atom is 0.317 e. The summed E-state index contributed by atoms with van der Waals surface area (Å²) in [5.74, 6) is 0. The smallest absolute Gasteiger partial charge is 0.317 e. The van der Waals surface area contributed by atoms with Gasteiger partial charge in [-0.3, -0.25) is 0 Å². The zero-order valence-electron chi connectivity index (χ0n) is 10.8. The number of hydrogen-bond acceptors (Lipinski definition) is 2. The first kappa shape index (κ1) is 12.9. The molecule has 1 atom stereocenters. The van der Waals surface area contributed by atoms with Gasteiger partial charge in [0.15, 0.2) is 0 Å². The van der Waals surface area contributed by atoms with Crippen molar-refractivity contribution < 1.29 is 9.53 Å². The molecular weight excluding hydrogens is 228 g/mol. The maximum absolute atomic E-state index is 12.0. The Hall–Kier alpha value is -1.55. The number of urea groups is 1. The molecule has 18 heavy (non-hydrogen) atoms. The summed E-state index contributed by atoms with van der Waals surface area (Å²) in [5, 5.41) is 3.03. The molecule has 1 fully saturated rings. The number of amides is 2. The molecule has 4 heteroatoms. The van der Waals surface area contributed by atoms with E-state index < -0.39 is 0 Å². The summed E-state index contributed by atoms with van der Waals surface area (Å²) >= 11 is 0. The molecule has 2 amide bonds. The van der Waals surface area contributed by atoms with E-state index in [0.717, 1.165) is 6.42 Å². The number of benzene rings is 1. The summed E-state index contributed by atoms with van der Waals surface area (Å²) in [4.78, 5) is 13.8. The lowest BCUT2D eigenvalue weighted by molar-refractivity contribution is 0.0526. The monoisotopic (exact) mass is 248 g/mol. The van der Waals surface area contributed by atoms with Crippen LogP contribution in [0.4, 0.5) is 4.79 Å². The minimum Gasteiger partial charge on any atom is -0.378 e. The number of carbonyl (C=O) groups is 1. The van der Waals surface area contributed by atoms with Crippen molar-refractivity contribution in [3.05, 3.63) is 35.9 Å². The molecule has 2 rings (SSSR count). The van der Waals surface area contributed by atoms with Crippen LogP contribution in [-0.4, -0.2) is 43.3 Å². The SMILES string of the molecule is CC(Cc1ccccc1)NC(=O)N1CCOCC1. The highest BCUT2D eigenvalue weighted by Gasteiger charge is 2.18. The largest absolute Gasteiger partial charge is 0.378 e. The molecule has 0 aromatic heterocycles. The van der Waals surface area contributed by atoms with Crippen LogP contribution in [0.5, 0.6) is 0 Å².